The number of benzene rings is 6. The summed E-state index contributed by atoms with van der Waals surface area (Å²) in [6.07, 6.45) is 5.13. The number of aromatic nitrogens is 3. The second-order valence-corrected chi connectivity index (χ2v) is 12.6. The van der Waals surface area contributed by atoms with Crippen LogP contribution < -0.4 is 0 Å². The molecule has 0 spiro atoms. The number of rotatable bonds is 6. The van der Waals surface area contributed by atoms with Crippen LogP contribution in [0.5, 0.6) is 0 Å². The molecule has 0 unspecified atom stereocenters. The van der Waals surface area contributed by atoms with Crippen LogP contribution in [0.3, 0.4) is 0 Å². The first-order valence-corrected chi connectivity index (χ1v) is 18.0. The molecule has 303 valence electrons. The largest absolute Gasteiger partial charge is 0.304 e. The molecule has 3 radical (unpaired) electrons. The van der Waals surface area contributed by atoms with Crippen molar-refractivity contribution in [1.29, 1.82) is 0 Å². The Bertz CT molecular complexity index is 2870. The normalized spacial score (nSPS) is 11.0. The minimum absolute atomic E-state index is 0. The van der Waals surface area contributed by atoms with Gasteiger partial charge in [-0.25, -0.2) is 8.78 Å². The van der Waals surface area contributed by atoms with E-state index in [4.69, 9.17) is 6.85 Å². The SMILES string of the molecule is Cc1cc(F)ccc1-c1ccc(-c2[c-]cccc2)nc1.Fc1ccc(-c2ccc(-c3[c-]cccc3)nc2)cc1.[2H]c1c([2H])c([2H])c(-c2ccc(-c3[c-]cccc3)nc2)c([2H])c1[2H].[Ir].[Ir].[Ir]. The summed E-state index contributed by atoms with van der Waals surface area (Å²) in [6, 6.07) is 53.3. The van der Waals surface area contributed by atoms with E-state index in [-0.39, 0.29) is 102 Å². The minimum Gasteiger partial charge on any atom is -0.304 e. The van der Waals surface area contributed by atoms with Gasteiger partial charge in [-0.3, -0.25) is 0 Å². The van der Waals surface area contributed by atoms with Crippen molar-refractivity contribution in [3.8, 4) is 67.2 Å². The fourth-order valence-corrected chi connectivity index (χ4v) is 5.78. The maximum absolute atomic E-state index is 13.1. The molecule has 0 N–H and O–H groups in total. The fourth-order valence-electron chi connectivity index (χ4n) is 5.78. The van der Waals surface area contributed by atoms with E-state index in [1.54, 1.807) is 42.6 Å². The van der Waals surface area contributed by atoms with Crippen molar-refractivity contribution >= 4 is 0 Å². The molecular weight excluding hydrogens is 1280 g/mol. The summed E-state index contributed by atoms with van der Waals surface area (Å²) in [7, 11) is 0. The molecule has 9 aromatic rings. The van der Waals surface area contributed by atoms with Crippen molar-refractivity contribution in [1.82, 2.24) is 15.0 Å². The quantitative estimate of drug-likeness (QED) is 0.156. The van der Waals surface area contributed by atoms with Crippen LogP contribution in [0.15, 0.2) is 200 Å². The first-order chi connectivity index (χ1) is 30.1. The Kier molecular flexibility index (Phi) is 16.0. The number of nitrogens with zero attached hydrogens (tertiary/aromatic N) is 3. The first-order valence-electron chi connectivity index (χ1n) is 20.5. The molecule has 0 amide bonds. The Morgan fingerprint density at radius 1 is 0.433 bits per heavy atom. The monoisotopic (exact) mass is 1320 g/mol. The van der Waals surface area contributed by atoms with Gasteiger partial charge in [-0.1, -0.05) is 84.8 Å². The number of hydrogen-bond donors (Lipinski definition) is 0. The summed E-state index contributed by atoms with van der Waals surface area (Å²) in [5, 5.41) is 0. The molecule has 3 nitrogen and oxygen atoms in total. The molecule has 3 heterocycles. The topological polar surface area (TPSA) is 38.7 Å². The van der Waals surface area contributed by atoms with Crippen molar-refractivity contribution in [2.24, 2.45) is 0 Å². The Balaban J connectivity index is 0.000000210. The molecule has 0 saturated heterocycles. The maximum atomic E-state index is 13.1. The second kappa shape index (κ2) is 24.0. The molecule has 0 aliphatic rings. The zero-order valence-electron chi connectivity index (χ0n) is 36.8. The van der Waals surface area contributed by atoms with E-state index >= 15 is 0 Å². The molecule has 0 aliphatic heterocycles. The molecule has 0 bridgehead atoms. The summed E-state index contributed by atoms with van der Waals surface area (Å²) in [6.45, 7) is 1.90. The van der Waals surface area contributed by atoms with E-state index in [9.17, 15) is 8.78 Å². The van der Waals surface area contributed by atoms with E-state index in [0.717, 1.165) is 55.9 Å². The number of hydrogen-bond acceptors (Lipinski definition) is 3. The predicted octanol–water partition coefficient (Wildman–Crippen LogP) is 13.2. The van der Waals surface area contributed by atoms with Gasteiger partial charge in [0, 0.05) is 78.9 Å². The molecule has 0 atom stereocenters. The third-order valence-electron chi connectivity index (χ3n) is 8.71. The summed E-state index contributed by atoms with van der Waals surface area (Å²) in [4.78, 5) is 13.2. The van der Waals surface area contributed by atoms with Crippen LogP contribution in [0.4, 0.5) is 8.78 Å². The maximum Gasteiger partial charge on any atom is 0.123 e. The number of pyridine rings is 3. The van der Waals surface area contributed by atoms with Crippen molar-refractivity contribution in [2.75, 3.05) is 0 Å². The van der Waals surface area contributed by atoms with Gasteiger partial charge in [0.1, 0.15) is 11.6 Å². The van der Waals surface area contributed by atoms with Crippen LogP contribution >= 0.6 is 0 Å². The van der Waals surface area contributed by atoms with Gasteiger partial charge in [0.15, 0.2) is 0 Å². The smallest absolute Gasteiger partial charge is 0.123 e. The second-order valence-electron chi connectivity index (χ2n) is 12.6. The summed E-state index contributed by atoms with van der Waals surface area (Å²) in [5.41, 5.74) is 10.7. The molecule has 8 heteroatoms. The van der Waals surface area contributed by atoms with E-state index in [1.165, 1.54) is 30.5 Å². The zero-order chi connectivity index (χ0) is 43.6. The minimum atomic E-state index is -0.396. The third kappa shape index (κ3) is 13.0. The van der Waals surface area contributed by atoms with Gasteiger partial charge >= 0.3 is 0 Å². The van der Waals surface area contributed by atoms with E-state index in [1.807, 2.05) is 104 Å². The van der Waals surface area contributed by atoms with Gasteiger partial charge in [0.05, 0.1) is 6.85 Å². The molecule has 3 aromatic heterocycles. The summed E-state index contributed by atoms with van der Waals surface area (Å²) < 4.78 is 65.1. The van der Waals surface area contributed by atoms with Crippen molar-refractivity contribution in [3.05, 3.63) is 236 Å². The van der Waals surface area contributed by atoms with Crippen LogP contribution in [0.25, 0.3) is 67.2 Å². The third-order valence-corrected chi connectivity index (χ3v) is 8.71. The van der Waals surface area contributed by atoms with Gasteiger partial charge in [0.2, 0.25) is 0 Å². The van der Waals surface area contributed by atoms with Gasteiger partial charge in [-0.05, 0) is 87.2 Å². The summed E-state index contributed by atoms with van der Waals surface area (Å²) in [5.74, 6) is -0.443. The van der Waals surface area contributed by atoms with Gasteiger partial charge in [-0.2, -0.15) is 0 Å². The van der Waals surface area contributed by atoms with Gasteiger partial charge in [-0.15, -0.1) is 108 Å². The first kappa shape index (κ1) is 40.0. The molecule has 6 aromatic carbocycles. The van der Waals surface area contributed by atoms with Gasteiger partial charge < -0.3 is 15.0 Å². The number of aryl methyl sites for hydroxylation is 1. The number of halogens is 2. The Labute approximate surface area is 398 Å². The van der Waals surface area contributed by atoms with E-state index < -0.39 is 6.04 Å². The zero-order valence-corrected chi connectivity index (χ0v) is 38.9. The average molecular weight is 1320 g/mol. The van der Waals surface area contributed by atoms with E-state index in [2.05, 4.69) is 33.2 Å². The van der Waals surface area contributed by atoms with Crippen molar-refractivity contribution in [2.45, 2.75) is 6.92 Å². The molecule has 0 fully saturated rings. The van der Waals surface area contributed by atoms with Gasteiger partial charge in [0.25, 0.3) is 0 Å². The predicted molar refractivity (Wildman–Crippen MR) is 226 cm³/mol. The van der Waals surface area contributed by atoms with Crippen LogP contribution in [0.2, 0.25) is 0 Å². The van der Waals surface area contributed by atoms with Crippen LogP contribution in [0, 0.1) is 36.8 Å². The Morgan fingerprint density at radius 3 is 1.25 bits per heavy atom. The molecule has 60 heavy (non-hydrogen) atoms. The molecular formula is C52H36F2Ir3N3-3. The van der Waals surface area contributed by atoms with Crippen molar-refractivity contribution in [3.63, 3.8) is 0 Å². The summed E-state index contributed by atoms with van der Waals surface area (Å²) >= 11 is 0. The molecule has 9 rings (SSSR count). The van der Waals surface area contributed by atoms with Crippen LogP contribution in [-0.2, 0) is 60.3 Å². The Hall–Kier alpha value is -5.42. The Morgan fingerprint density at radius 2 is 0.850 bits per heavy atom. The van der Waals surface area contributed by atoms with Crippen LogP contribution in [-0.4, -0.2) is 15.0 Å². The van der Waals surface area contributed by atoms with E-state index in [0.29, 0.717) is 11.3 Å². The standard InChI is InChI=1S/C18H13FN.C17H11FN.C17H12N.3Ir/c1-13-11-16(19)8-9-17(13)15-7-10-18(20-12-15)14-5-3-2-4-6-14;18-16-9-6-13(7-10-16)15-8-11-17(19-12-15)14-4-2-1-3-5-14;1-3-7-14(8-4-1)16-11-12-17(18-13-16)15-9-5-2-6-10-15;;;/h2-5,7-12H,1H3;1-4,6-12H;1-9,11-13H;;;/q3*-1;;;/i;;1D,3D,4D,7D,8D;;;. The van der Waals surface area contributed by atoms with Crippen LogP contribution in [0.1, 0.15) is 12.4 Å². The average Bonchev–Trinajstić information content (AvgIpc) is 3.32. The van der Waals surface area contributed by atoms with Crippen molar-refractivity contribution < 1.29 is 76.0 Å². The molecule has 0 saturated carbocycles. The fraction of sp³-hybridized carbons (Fsp3) is 0.0192. The molecule has 0 aliphatic carbocycles.